The largest absolute Gasteiger partial charge is 0.444 e. The van der Waals surface area contributed by atoms with Gasteiger partial charge in [-0.1, -0.05) is 0 Å². The molecule has 0 atom stereocenters. The van der Waals surface area contributed by atoms with Crippen LogP contribution in [0.4, 0.5) is 4.79 Å². The molecule has 0 radical (unpaired) electrons. The van der Waals surface area contributed by atoms with Gasteiger partial charge in [0.05, 0.1) is 12.0 Å². The Morgan fingerprint density at radius 3 is 2.16 bits per heavy atom. The van der Waals surface area contributed by atoms with E-state index < -0.39 is 11.0 Å². The number of nitrogens with zero attached hydrogens (tertiary/aromatic N) is 3. The lowest BCUT2D eigenvalue weighted by molar-refractivity contribution is -0.125. The molecule has 2 amide bonds. The van der Waals surface area contributed by atoms with Gasteiger partial charge in [0.2, 0.25) is 5.91 Å². The van der Waals surface area contributed by atoms with Crippen LogP contribution in [0.3, 0.4) is 0 Å². The van der Waals surface area contributed by atoms with E-state index in [0.29, 0.717) is 12.5 Å². The summed E-state index contributed by atoms with van der Waals surface area (Å²) in [6.45, 7) is 14.9. The van der Waals surface area contributed by atoms with Gasteiger partial charge in [0.1, 0.15) is 5.60 Å². The van der Waals surface area contributed by atoms with Gasteiger partial charge in [-0.3, -0.25) is 9.79 Å². The van der Waals surface area contributed by atoms with E-state index in [1.54, 1.807) is 0 Å². The van der Waals surface area contributed by atoms with Crippen LogP contribution in [0.1, 0.15) is 67.2 Å². The van der Waals surface area contributed by atoms with E-state index >= 15 is 0 Å². The standard InChI is InChI=1S/C22H41N5O3.HI/c1-7-24-19(25-15-22(5,6)18(23)28)26-12-10-17(11-13-26)27(14-16-8-9-16)20(29)30-21(2,3)4;/h16-17H,7-15H2,1-6H3,(H2,23,28)(H,24,25);1H. The van der Waals surface area contributed by atoms with Gasteiger partial charge in [-0.15, -0.1) is 24.0 Å². The number of halogens is 1. The number of amides is 2. The summed E-state index contributed by atoms with van der Waals surface area (Å²) >= 11 is 0. The normalized spacial score (nSPS) is 18.3. The smallest absolute Gasteiger partial charge is 0.410 e. The van der Waals surface area contributed by atoms with Crippen molar-refractivity contribution < 1.29 is 14.3 Å². The highest BCUT2D eigenvalue weighted by atomic mass is 127. The van der Waals surface area contributed by atoms with E-state index in [9.17, 15) is 9.59 Å². The molecule has 0 unspecified atom stereocenters. The summed E-state index contributed by atoms with van der Waals surface area (Å²) in [4.78, 5) is 33.3. The molecule has 0 aromatic rings. The Bertz CT molecular complexity index is 636. The van der Waals surface area contributed by atoms with Crippen molar-refractivity contribution >= 4 is 41.9 Å². The van der Waals surface area contributed by atoms with Gasteiger partial charge in [-0.2, -0.15) is 0 Å². The van der Waals surface area contributed by atoms with Crippen molar-refractivity contribution in [1.82, 2.24) is 15.1 Å². The Labute approximate surface area is 204 Å². The van der Waals surface area contributed by atoms with E-state index in [1.165, 1.54) is 12.8 Å². The number of ether oxygens (including phenoxy) is 1. The minimum absolute atomic E-state index is 0. The summed E-state index contributed by atoms with van der Waals surface area (Å²) in [5.41, 5.74) is 4.31. The summed E-state index contributed by atoms with van der Waals surface area (Å²) in [6, 6.07) is 0.182. The number of nitrogens with one attached hydrogen (secondary N) is 1. The molecule has 8 nitrogen and oxygen atoms in total. The van der Waals surface area contributed by atoms with Crippen LogP contribution < -0.4 is 11.1 Å². The number of carbonyl (C=O) groups is 2. The second-order valence-electron chi connectivity index (χ2n) is 10.2. The molecular formula is C22H42IN5O3. The number of likely N-dealkylation sites (tertiary alicyclic amines) is 1. The molecule has 1 heterocycles. The maximum absolute atomic E-state index is 12.8. The van der Waals surface area contributed by atoms with Crippen molar-refractivity contribution in [3.05, 3.63) is 0 Å². The molecule has 1 aliphatic carbocycles. The molecule has 0 aromatic heterocycles. The number of primary amides is 1. The fourth-order valence-corrected chi connectivity index (χ4v) is 3.44. The number of guanidine groups is 1. The number of hydrogen-bond donors (Lipinski definition) is 2. The molecule has 9 heteroatoms. The summed E-state index contributed by atoms with van der Waals surface area (Å²) in [5.74, 6) is 1.07. The quantitative estimate of drug-likeness (QED) is 0.288. The van der Waals surface area contributed by atoms with Crippen LogP contribution in [0.15, 0.2) is 4.99 Å². The van der Waals surface area contributed by atoms with Crippen molar-refractivity contribution in [2.24, 2.45) is 22.1 Å². The van der Waals surface area contributed by atoms with Gasteiger partial charge >= 0.3 is 6.09 Å². The number of rotatable bonds is 7. The van der Waals surface area contributed by atoms with Crippen LogP contribution in [0.2, 0.25) is 0 Å². The Morgan fingerprint density at radius 2 is 1.71 bits per heavy atom. The van der Waals surface area contributed by atoms with E-state index in [-0.39, 0.29) is 42.0 Å². The predicted octanol–water partition coefficient (Wildman–Crippen LogP) is 3.19. The summed E-state index contributed by atoms with van der Waals surface area (Å²) in [6.07, 6.45) is 3.94. The number of hydrogen-bond acceptors (Lipinski definition) is 4. The first-order valence-electron chi connectivity index (χ1n) is 11.3. The Morgan fingerprint density at radius 1 is 1.13 bits per heavy atom. The highest BCUT2D eigenvalue weighted by Crippen LogP contribution is 2.32. The lowest BCUT2D eigenvalue weighted by atomic mass is 9.93. The van der Waals surface area contributed by atoms with Gasteiger partial charge in [-0.05, 0) is 73.1 Å². The molecular weight excluding hydrogens is 509 g/mol. The lowest BCUT2D eigenvalue weighted by Gasteiger charge is -2.40. The zero-order valence-electron chi connectivity index (χ0n) is 20.1. The number of carbonyl (C=O) groups excluding carboxylic acids is 2. The average molecular weight is 552 g/mol. The molecule has 0 aromatic carbocycles. The zero-order valence-corrected chi connectivity index (χ0v) is 22.4. The molecule has 180 valence electrons. The third-order valence-electron chi connectivity index (χ3n) is 5.61. The summed E-state index contributed by atoms with van der Waals surface area (Å²) < 4.78 is 5.69. The fourth-order valence-electron chi connectivity index (χ4n) is 3.44. The van der Waals surface area contributed by atoms with Crippen molar-refractivity contribution in [3.63, 3.8) is 0 Å². The molecule has 2 fully saturated rings. The molecule has 0 bridgehead atoms. The van der Waals surface area contributed by atoms with E-state index in [2.05, 4.69) is 15.2 Å². The van der Waals surface area contributed by atoms with Crippen LogP contribution in [-0.4, -0.2) is 72.1 Å². The highest BCUT2D eigenvalue weighted by molar-refractivity contribution is 14.0. The number of aliphatic imine (C=N–C) groups is 1. The predicted molar refractivity (Wildman–Crippen MR) is 135 cm³/mol. The molecule has 1 saturated carbocycles. The maximum Gasteiger partial charge on any atom is 0.410 e. The van der Waals surface area contributed by atoms with Gasteiger partial charge in [0.25, 0.3) is 0 Å². The molecule has 31 heavy (non-hydrogen) atoms. The van der Waals surface area contributed by atoms with Gasteiger partial charge < -0.3 is 25.6 Å². The molecule has 2 aliphatic rings. The number of nitrogens with two attached hydrogens (primary N) is 1. The highest BCUT2D eigenvalue weighted by Gasteiger charge is 2.36. The maximum atomic E-state index is 12.8. The molecule has 0 spiro atoms. The van der Waals surface area contributed by atoms with Crippen LogP contribution in [-0.2, 0) is 9.53 Å². The first-order chi connectivity index (χ1) is 13.9. The third kappa shape index (κ3) is 9.02. The number of piperidine rings is 1. The van der Waals surface area contributed by atoms with Gasteiger partial charge in [0, 0.05) is 32.2 Å². The average Bonchev–Trinajstić information content (AvgIpc) is 3.46. The minimum atomic E-state index is -0.684. The van der Waals surface area contributed by atoms with Crippen molar-refractivity contribution in [2.75, 3.05) is 32.7 Å². The van der Waals surface area contributed by atoms with E-state index in [1.807, 2.05) is 46.4 Å². The first kappa shape index (κ1) is 27.8. The minimum Gasteiger partial charge on any atom is -0.444 e. The van der Waals surface area contributed by atoms with E-state index in [0.717, 1.165) is 45.0 Å². The van der Waals surface area contributed by atoms with E-state index in [4.69, 9.17) is 10.5 Å². The van der Waals surface area contributed by atoms with Crippen molar-refractivity contribution in [3.8, 4) is 0 Å². The SMILES string of the molecule is CCNC(=NCC(C)(C)C(N)=O)N1CCC(N(CC2CC2)C(=O)OC(C)(C)C)CC1.I. The second kappa shape index (κ2) is 11.6. The molecule has 1 saturated heterocycles. The molecule has 1 aliphatic heterocycles. The third-order valence-corrected chi connectivity index (χ3v) is 5.61. The van der Waals surface area contributed by atoms with Crippen LogP contribution >= 0.6 is 24.0 Å². The lowest BCUT2D eigenvalue weighted by Crippen LogP contribution is -2.52. The summed E-state index contributed by atoms with van der Waals surface area (Å²) in [7, 11) is 0. The van der Waals surface area contributed by atoms with Crippen molar-refractivity contribution in [1.29, 1.82) is 0 Å². The Kier molecular flexibility index (Phi) is 10.4. The Hall–Kier alpha value is -1.26. The fraction of sp³-hybridized carbons (Fsp3) is 0.864. The molecule has 2 rings (SSSR count). The zero-order chi connectivity index (χ0) is 22.5. The molecule has 3 N–H and O–H groups in total. The van der Waals surface area contributed by atoms with Crippen molar-refractivity contribution in [2.45, 2.75) is 78.9 Å². The summed E-state index contributed by atoms with van der Waals surface area (Å²) in [5, 5.41) is 3.32. The first-order valence-corrected chi connectivity index (χ1v) is 11.3. The van der Waals surface area contributed by atoms with Crippen LogP contribution in [0.25, 0.3) is 0 Å². The van der Waals surface area contributed by atoms with Crippen LogP contribution in [0, 0.1) is 11.3 Å². The van der Waals surface area contributed by atoms with Gasteiger partial charge in [-0.25, -0.2) is 4.79 Å². The monoisotopic (exact) mass is 551 g/mol. The second-order valence-corrected chi connectivity index (χ2v) is 10.2. The Balaban J connectivity index is 0.00000480. The van der Waals surface area contributed by atoms with Crippen LogP contribution in [0.5, 0.6) is 0 Å². The topological polar surface area (TPSA) is 100 Å². The van der Waals surface area contributed by atoms with Gasteiger partial charge in [0.15, 0.2) is 5.96 Å².